The van der Waals surface area contributed by atoms with E-state index in [-0.39, 0.29) is 17.3 Å². The van der Waals surface area contributed by atoms with Crippen LogP contribution < -0.4 is 0 Å². The van der Waals surface area contributed by atoms with Gasteiger partial charge in [0.1, 0.15) is 0 Å². The molecule has 0 radical (unpaired) electrons. The van der Waals surface area contributed by atoms with Gasteiger partial charge in [-0.1, -0.05) is 42.8 Å². The molecule has 3 rings (SSSR count). The van der Waals surface area contributed by atoms with Crippen molar-refractivity contribution in [2.24, 2.45) is 5.41 Å². The van der Waals surface area contributed by atoms with E-state index in [1.807, 2.05) is 31.4 Å². The van der Waals surface area contributed by atoms with Gasteiger partial charge in [0.15, 0.2) is 5.78 Å². The number of carbonyl (C=O) groups is 1. The summed E-state index contributed by atoms with van der Waals surface area (Å²) in [6, 6.07) is 10.1. The maximum Gasteiger partial charge on any atom is 0.185 e. The molecule has 2 nitrogen and oxygen atoms in total. The first-order valence-corrected chi connectivity index (χ1v) is 9.47. The molecule has 1 saturated carbocycles. The Morgan fingerprint density at radius 1 is 1.30 bits per heavy atom. The quantitative estimate of drug-likeness (QED) is 0.806. The average Bonchev–Trinajstić information content (AvgIpc) is 2.56. The van der Waals surface area contributed by atoms with Crippen LogP contribution in [0.4, 0.5) is 0 Å². The highest BCUT2D eigenvalue weighted by atomic mass is 32.2. The second kappa shape index (κ2) is 6.29. The van der Waals surface area contributed by atoms with E-state index in [0.717, 1.165) is 40.9 Å². The molecular weight excluding hydrogens is 304 g/mol. The number of allylic oxidation sites excluding steroid dienone is 2. The van der Waals surface area contributed by atoms with Crippen molar-refractivity contribution in [2.75, 3.05) is 6.26 Å². The summed E-state index contributed by atoms with van der Waals surface area (Å²) in [5.74, 6) is 0.166. The lowest BCUT2D eigenvalue weighted by molar-refractivity contribution is -0.113. The fourth-order valence-electron chi connectivity index (χ4n) is 4.12. The van der Waals surface area contributed by atoms with E-state index in [2.05, 4.69) is 19.1 Å². The van der Waals surface area contributed by atoms with Crippen LogP contribution in [0.25, 0.3) is 4.91 Å². The highest BCUT2D eigenvalue weighted by Crippen LogP contribution is 2.52. The summed E-state index contributed by atoms with van der Waals surface area (Å²) >= 11 is 1.63. The Bertz CT molecular complexity index is 687. The number of carbonyl (C=O) groups excluding carboxylic acids is 1. The Morgan fingerprint density at radius 2 is 2.00 bits per heavy atom. The maximum atomic E-state index is 13.0. The summed E-state index contributed by atoms with van der Waals surface area (Å²) in [6.07, 6.45) is 5.06. The van der Waals surface area contributed by atoms with Gasteiger partial charge in [-0.15, -0.1) is 11.8 Å². The number of hydrogen-bond acceptors (Lipinski definition) is 3. The summed E-state index contributed by atoms with van der Waals surface area (Å²) in [5, 5.41) is 10.6. The lowest BCUT2D eigenvalue weighted by atomic mass is 9.61. The minimum absolute atomic E-state index is 0.166. The van der Waals surface area contributed by atoms with Crippen LogP contribution in [0.3, 0.4) is 0 Å². The lowest BCUT2D eigenvalue weighted by Crippen LogP contribution is -2.42. The van der Waals surface area contributed by atoms with Crippen LogP contribution in [0.2, 0.25) is 0 Å². The normalized spacial score (nSPS) is 30.3. The van der Waals surface area contributed by atoms with E-state index in [0.29, 0.717) is 6.42 Å². The molecule has 122 valence electrons. The first-order valence-electron chi connectivity index (χ1n) is 8.24. The third-order valence-corrected chi connectivity index (χ3v) is 6.35. The molecule has 0 spiro atoms. The predicted octanol–water partition coefficient (Wildman–Crippen LogP) is 4.60. The molecule has 2 aliphatic rings. The number of hydrogen-bond donors (Lipinski definition) is 1. The van der Waals surface area contributed by atoms with Crippen molar-refractivity contribution < 1.29 is 9.90 Å². The van der Waals surface area contributed by atoms with E-state index in [4.69, 9.17) is 0 Å². The number of aliphatic hydroxyl groups is 1. The average molecular weight is 328 g/mol. The van der Waals surface area contributed by atoms with E-state index < -0.39 is 0 Å². The molecule has 2 aliphatic carbocycles. The fourth-order valence-corrected chi connectivity index (χ4v) is 4.90. The second-order valence-corrected chi connectivity index (χ2v) is 7.63. The Balaban J connectivity index is 2.16. The molecule has 2 atom stereocenters. The van der Waals surface area contributed by atoms with Crippen molar-refractivity contribution in [1.82, 2.24) is 0 Å². The van der Waals surface area contributed by atoms with Crippen LogP contribution in [0.15, 0.2) is 47.1 Å². The summed E-state index contributed by atoms with van der Waals surface area (Å²) in [7, 11) is 0. The minimum atomic E-state index is -0.358. The van der Waals surface area contributed by atoms with Gasteiger partial charge < -0.3 is 5.11 Å². The zero-order chi connectivity index (χ0) is 16.6. The van der Waals surface area contributed by atoms with Gasteiger partial charge >= 0.3 is 0 Å². The van der Waals surface area contributed by atoms with Gasteiger partial charge in [-0.2, -0.15) is 0 Å². The molecule has 0 saturated heterocycles. The van der Waals surface area contributed by atoms with Crippen molar-refractivity contribution in [3.05, 3.63) is 52.6 Å². The Labute approximate surface area is 142 Å². The third-order valence-electron chi connectivity index (χ3n) is 5.45. The van der Waals surface area contributed by atoms with Crippen molar-refractivity contribution in [1.29, 1.82) is 0 Å². The molecule has 23 heavy (non-hydrogen) atoms. The summed E-state index contributed by atoms with van der Waals surface area (Å²) in [6.45, 7) is 4.07. The third kappa shape index (κ3) is 2.70. The van der Waals surface area contributed by atoms with Crippen LogP contribution in [-0.2, 0) is 4.79 Å². The van der Waals surface area contributed by atoms with E-state index in [1.165, 1.54) is 5.57 Å². The molecule has 1 aromatic rings. The molecule has 0 aliphatic heterocycles. The predicted molar refractivity (Wildman–Crippen MR) is 97.2 cm³/mol. The van der Waals surface area contributed by atoms with Crippen molar-refractivity contribution in [3.8, 4) is 0 Å². The fraction of sp³-hybridized carbons (Fsp3) is 0.450. The van der Waals surface area contributed by atoms with Crippen LogP contribution in [0.5, 0.6) is 0 Å². The SMILES string of the molecule is CS/C(=C1/CC2(C)C(=C(C)C1=O)CCCC2O)c1ccccc1. The molecule has 0 bridgehead atoms. The Morgan fingerprint density at radius 3 is 2.65 bits per heavy atom. The van der Waals surface area contributed by atoms with Gasteiger partial charge in [0, 0.05) is 15.9 Å². The number of thioether (sulfide) groups is 1. The molecule has 3 heteroatoms. The molecule has 0 aromatic heterocycles. The van der Waals surface area contributed by atoms with Gasteiger partial charge in [0.25, 0.3) is 0 Å². The van der Waals surface area contributed by atoms with Crippen LogP contribution >= 0.6 is 11.8 Å². The van der Waals surface area contributed by atoms with Gasteiger partial charge in [0.2, 0.25) is 0 Å². The van der Waals surface area contributed by atoms with E-state index in [1.54, 1.807) is 11.8 Å². The molecule has 1 aromatic carbocycles. The Kier molecular flexibility index (Phi) is 4.52. The van der Waals surface area contributed by atoms with Crippen LogP contribution in [0.1, 0.15) is 45.1 Å². The van der Waals surface area contributed by atoms with E-state index in [9.17, 15) is 9.90 Å². The van der Waals surface area contributed by atoms with Crippen LogP contribution in [0, 0.1) is 5.41 Å². The van der Waals surface area contributed by atoms with Crippen molar-refractivity contribution in [3.63, 3.8) is 0 Å². The number of Topliss-reactive ketones (excluding diaryl/α,β-unsaturated/α-hetero) is 1. The van der Waals surface area contributed by atoms with Gasteiger partial charge in [-0.3, -0.25) is 4.79 Å². The van der Waals surface area contributed by atoms with Gasteiger partial charge in [0.05, 0.1) is 6.10 Å². The summed E-state index contributed by atoms with van der Waals surface area (Å²) in [5.41, 5.74) is 3.71. The molecule has 1 fully saturated rings. The first-order chi connectivity index (χ1) is 11.0. The number of fused-ring (bicyclic) bond motifs is 1. The molecule has 0 amide bonds. The maximum absolute atomic E-state index is 13.0. The number of ketones is 1. The molecule has 1 N–H and O–H groups in total. The molecule has 2 unspecified atom stereocenters. The van der Waals surface area contributed by atoms with E-state index >= 15 is 0 Å². The second-order valence-electron chi connectivity index (χ2n) is 6.81. The van der Waals surface area contributed by atoms with Crippen molar-refractivity contribution >= 4 is 22.5 Å². The van der Waals surface area contributed by atoms with Gasteiger partial charge in [-0.05, 0) is 50.0 Å². The monoisotopic (exact) mass is 328 g/mol. The Hall–Kier alpha value is -1.32. The number of aliphatic hydroxyl groups excluding tert-OH is 1. The van der Waals surface area contributed by atoms with Crippen LogP contribution in [-0.4, -0.2) is 23.2 Å². The minimum Gasteiger partial charge on any atom is -0.392 e. The zero-order valence-corrected chi connectivity index (χ0v) is 14.9. The zero-order valence-electron chi connectivity index (χ0n) is 14.1. The number of benzene rings is 1. The standard InChI is InChI=1S/C20H24O2S/c1-13-16-10-7-11-17(21)20(16,2)12-15(18(13)22)19(23-3)14-8-5-4-6-9-14/h4-6,8-9,17,21H,7,10-12H2,1-3H3/b19-15-. The molecule has 0 heterocycles. The van der Waals surface area contributed by atoms with Crippen molar-refractivity contribution in [2.45, 2.75) is 45.6 Å². The number of rotatable bonds is 2. The summed E-state index contributed by atoms with van der Waals surface area (Å²) < 4.78 is 0. The first kappa shape index (κ1) is 16.5. The van der Waals surface area contributed by atoms with Gasteiger partial charge in [-0.25, -0.2) is 0 Å². The highest BCUT2D eigenvalue weighted by Gasteiger charge is 2.46. The highest BCUT2D eigenvalue weighted by molar-refractivity contribution is 8.07. The topological polar surface area (TPSA) is 37.3 Å². The smallest absolute Gasteiger partial charge is 0.185 e. The summed E-state index contributed by atoms with van der Waals surface area (Å²) in [4.78, 5) is 14.0. The lowest BCUT2D eigenvalue weighted by Gasteiger charge is -2.45. The molecular formula is C20H24O2S. The largest absolute Gasteiger partial charge is 0.392 e.